The van der Waals surface area contributed by atoms with Crippen molar-refractivity contribution in [3.63, 3.8) is 0 Å². The number of halogens is 1. The molecule has 0 amide bonds. The summed E-state index contributed by atoms with van der Waals surface area (Å²) in [4.78, 5) is 47.5. The fourth-order valence-electron chi connectivity index (χ4n) is 3.44. The molecule has 2 aromatic rings. The monoisotopic (exact) mass is 392 g/mol. The largest absolute Gasteiger partial charge is 0.481 e. The Balaban J connectivity index is 2.12. The number of hydrogen-bond donors (Lipinski definition) is 3. The maximum absolute atomic E-state index is 14.7. The highest BCUT2D eigenvalue weighted by Gasteiger charge is 2.27. The lowest BCUT2D eigenvalue weighted by atomic mass is 9.96. The van der Waals surface area contributed by atoms with Crippen molar-refractivity contribution in [1.29, 1.82) is 0 Å². The van der Waals surface area contributed by atoms with Crippen LogP contribution < -0.4 is 10.3 Å². The van der Waals surface area contributed by atoms with Crippen LogP contribution in [0.3, 0.4) is 0 Å². The Hall–Kier alpha value is -3.43. The van der Waals surface area contributed by atoms with Gasteiger partial charge in [0.2, 0.25) is 5.43 Å². The van der Waals surface area contributed by atoms with Gasteiger partial charge in [-0.1, -0.05) is 0 Å². The van der Waals surface area contributed by atoms with Crippen LogP contribution in [0.2, 0.25) is 0 Å². The van der Waals surface area contributed by atoms with Crippen LogP contribution in [-0.4, -0.2) is 50.9 Å². The van der Waals surface area contributed by atoms with E-state index in [1.807, 2.05) is 0 Å². The molecule has 1 aliphatic rings. The standard InChI is InChI=1S/C18H17FN2O7/c19-12-5-10-13(6-14(12)20-3-1-9(2-4-20)17(25)26)21(8-15(22)23)7-11(16(10)24)18(27)28/h5-7,9H,1-4,8H2,(H,22,23)(H,25,26)(H,27,28). The molecule has 10 heteroatoms. The van der Waals surface area contributed by atoms with Gasteiger partial charge in [0.25, 0.3) is 0 Å². The van der Waals surface area contributed by atoms with Crippen molar-refractivity contribution >= 4 is 34.5 Å². The summed E-state index contributed by atoms with van der Waals surface area (Å²) in [5.74, 6) is -4.97. The summed E-state index contributed by atoms with van der Waals surface area (Å²) >= 11 is 0. The van der Waals surface area contributed by atoms with Crippen molar-refractivity contribution in [1.82, 2.24) is 4.57 Å². The average Bonchev–Trinajstić information content (AvgIpc) is 2.63. The van der Waals surface area contributed by atoms with E-state index in [1.54, 1.807) is 4.90 Å². The summed E-state index contributed by atoms with van der Waals surface area (Å²) in [6, 6.07) is 2.21. The molecule has 3 rings (SSSR count). The number of nitrogens with zero attached hydrogens (tertiary/aromatic N) is 2. The van der Waals surface area contributed by atoms with Gasteiger partial charge in [-0.3, -0.25) is 14.4 Å². The Morgan fingerprint density at radius 2 is 1.75 bits per heavy atom. The number of benzene rings is 1. The SMILES string of the molecule is O=C(O)Cn1cc(C(=O)O)c(=O)c2cc(F)c(N3CCC(C(=O)O)CC3)cc21. The quantitative estimate of drug-likeness (QED) is 0.691. The summed E-state index contributed by atoms with van der Waals surface area (Å²) in [7, 11) is 0. The number of pyridine rings is 1. The molecular weight excluding hydrogens is 375 g/mol. The van der Waals surface area contributed by atoms with Gasteiger partial charge in [-0.05, 0) is 25.0 Å². The number of piperidine rings is 1. The Bertz CT molecular complexity index is 1040. The van der Waals surface area contributed by atoms with Gasteiger partial charge >= 0.3 is 17.9 Å². The van der Waals surface area contributed by atoms with Crippen LogP contribution in [-0.2, 0) is 16.1 Å². The van der Waals surface area contributed by atoms with Gasteiger partial charge in [-0.15, -0.1) is 0 Å². The fourth-order valence-corrected chi connectivity index (χ4v) is 3.44. The van der Waals surface area contributed by atoms with Crippen LogP contribution in [0, 0.1) is 11.7 Å². The van der Waals surface area contributed by atoms with Gasteiger partial charge in [0.1, 0.15) is 17.9 Å². The van der Waals surface area contributed by atoms with E-state index in [2.05, 4.69) is 0 Å². The summed E-state index contributed by atoms with van der Waals surface area (Å²) < 4.78 is 15.8. The molecule has 1 aliphatic heterocycles. The number of aromatic nitrogens is 1. The normalized spacial score (nSPS) is 15.0. The summed E-state index contributed by atoms with van der Waals surface area (Å²) in [5.41, 5.74) is -1.35. The van der Waals surface area contributed by atoms with Gasteiger partial charge in [-0.25, -0.2) is 9.18 Å². The van der Waals surface area contributed by atoms with Crippen molar-refractivity contribution in [2.45, 2.75) is 19.4 Å². The third-order valence-electron chi connectivity index (χ3n) is 4.87. The summed E-state index contributed by atoms with van der Waals surface area (Å²) in [6.07, 6.45) is 1.58. The van der Waals surface area contributed by atoms with Gasteiger partial charge in [0, 0.05) is 24.7 Å². The van der Waals surface area contributed by atoms with Crippen LogP contribution in [0.1, 0.15) is 23.2 Å². The van der Waals surface area contributed by atoms with E-state index in [0.717, 1.165) is 16.8 Å². The number of anilines is 1. The molecule has 2 heterocycles. The van der Waals surface area contributed by atoms with Gasteiger partial charge in [-0.2, -0.15) is 0 Å². The zero-order valence-electron chi connectivity index (χ0n) is 14.6. The van der Waals surface area contributed by atoms with E-state index in [4.69, 9.17) is 10.2 Å². The number of fused-ring (bicyclic) bond motifs is 1. The summed E-state index contributed by atoms with van der Waals surface area (Å²) in [5, 5.41) is 27.1. The van der Waals surface area contributed by atoms with E-state index < -0.39 is 47.2 Å². The maximum Gasteiger partial charge on any atom is 0.341 e. The van der Waals surface area contributed by atoms with E-state index in [0.29, 0.717) is 12.8 Å². The van der Waals surface area contributed by atoms with Gasteiger partial charge in [0.05, 0.1) is 17.1 Å². The van der Waals surface area contributed by atoms with Crippen LogP contribution >= 0.6 is 0 Å². The number of carbonyl (C=O) groups is 3. The number of carboxylic acid groups (broad SMARTS) is 3. The molecule has 9 nitrogen and oxygen atoms in total. The van der Waals surface area contributed by atoms with Crippen LogP contribution in [0.25, 0.3) is 10.9 Å². The Labute approximate surface area is 157 Å². The smallest absolute Gasteiger partial charge is 0.341 e. The molecule has 0 radical (unpaired) electrons. The van der Waals surface area contributed by atoms with Crippen LogP contribution in [0.5, 0.6) is 0 Å². The highest BCUT2D eigenvalue weighted by molar-refractivity contribution is 5.94. The minimum atomic E-state index is -1.54. The third kappa shape index (κ3) is 3.53. The zero-order valence-corrected chi connectivity index (χ0v) is 14.6. The topological polar surface area (TPSA) is 137 Å². The number of rotatable bonds is 5. The van der Waals surface area contributed by atoms with Crippen molar-refractivity contribution in [2.75, 3.05) is 18.0 Å². The summed E-state index contributed by atoms with van der Waals surface area (Å²) in [6.45, 7) is -0.0330. The molecule has 0 saturated carbocycles. The minimum absolute atomic E-state index is 0.0918. The Kier molecular flexibility index (Phi) is 5.04. The van der Waals surface area contributed by atoms with E-state index in [9.17, 15) is 28.7 Å². The molecule has 0 aliphatic carbocycles. The molecular formula is C18H17FN2O7. The number of carboxylic acids is 3. The van der Waals surface area contributed by atoms with Crippen LogP contribution in [0.15, 0.2) is 23.1 Å². The predicted octanol–water partition coefficient (Wildman–Crippen LogP) is 1.22. The second-order valence-corrected chi connectivity index (χ2v) is 6.62. The van der Waals surface area contributed by atoms with Crippen molar-refractivity contribution in [3.8, 4) is 0 Å². The maximum atomic E-state index is 14.7. The van der Waals surface area contributed by atoms with Crippen molar-refractivity contribution < 1.29 is 34.1 Å². The third-order valence-corrected chi connectivity index (χ3v) is 4.87. The average molecular weight is 392 g/mol. The van der Waals surface area contributed by atoms with Gasteiger partial charge < -0.3 is 24.8 Å². The van der Waals surface area contributed by atoms with Crippen molar-refractivity contribution in [2.24, 2.45) is 5.92 Å². The predicted molar refractivity (Wildman–Crippen MR) is 95.3 cm³/mol. The molecule has 0 bridgehead atoms. The zero-order chi connectivity index (χ0) is 20.6. The number of aromatic carboxylic acids is 1. The van der Waals surface area contributed by atoms with E-state index >= 15 is 0 Å². The molecule has 0 unspecified atom stereocenters. The first-order valence-electron chi connectivity index (χ1n) is 8.48. The number of hydrogen-bond acceptors (Lipinski definition) is 5. The molecule has 28 heavy (non-hydrogen) atoms. The van der Waals surface area contributed by atoms with Gasteiger partial charge in [0.15, 0.2) is 0 Å². The second kappa shape index (κ2) is 7.29. The molecule has 0 atom stereocenters. The van der Waals surface area contributed by atoms with Crippen LogP contribution in [0.4, 0.5) is 10.1 Å². The Morgan fingerprint density at radius 3 is 2.29 bits per heavy atom. The first kappa shape index (κ1) is 19.3. The Morgan fingerprint density at radius 1 is 1.11 bits per heavy atom. The lowest BCUT2D eigenvalue weighted by molar-refractivity contribution is -0.142. The molecule has 1 saturated heterocycles. The molecule has 148 valence electrons. The highest BCUT2D eigenvalue weighted by atomic mass is 19.1. The minimum Gasteiger partial charge on any atom is -0.481 e. The van der Waals surface area contributed by atoms with E-state index in [-0.39, 0.29) is 29.7 Å². The first-order chi connectivity index (χ1) is 13.2. The van der Waals surface area contributed by atoms with Crippen molar-refractivity contribution in [3.05, 3.63) is 39.9 Å². The molecule has 1 fully saturated rings. The molecule has 3 N–H and O–H groups in total. The molecule has 1 aromatic heterocycles. The lowest BCUT2D eigenvalue weighted by Gasteiger charge is -2.32. The van der Waals surface area contributed by atoms with E-state index in [1.165, 1.54) is 6.07 Å². The molecule has 0 spiro atoms. The number of aliphatic carboxylic acids is 2. The highest BCUT2D eigenvalue weighted by Crippen LogP contribution is 2.29. The first-order valence-corrected chi connectivity index (χ1v) is 8.48. The lowest BCUT2D eigenvalue weighted by Crippen LogP contribution is -2.36. The molecule has 1 aromatic carbocycles. The fraction of sp³-hybridized carbons (Fsp3) is 0.333. The second-order valence-electron chi connectivity index (χ2n) is 6.62.